The summed E-state index contributed by atoms with van der Waals surface area (Å²) >= 11 is 5.87. The van der Waals surface area contributed by atoms with Crippen LogP contribution in [0.1, 0.15) is 15.9 Å². The topological polar surface area (TPSA) is 94.2 Å². The molecule has 3 aromatic carbocycles. The quantitative estimate of drug-likeness (QED) is 0.463. The number of hydrogen-bond acceptors (Lipinski definition) is 6. The van der Waals surface area contributed by atoms with Gasteiger partial charge in [-0.15, -0.1) is 0 Å². The fourth-order valence-electron chi connectivity index (χ4n) is 3.26. The molecule has 0 saturated heterocycles. The van der Waals surface area contributed by atoms with Gasteiger partial charge < -0.3 is 19.5 Å². The smallest absolute Gasteiger partial charge is 0.255 e. The van der Waals surface area contributed by atoms with E-state index in [2.05, 4.69) is 5.32 Å². The molecule has 0 fully saturated rings. The first-order valence-corrected chi connectivity index (χ1v) is 11.9. The Kier molecular flexibility index (Phi) is 8.03. The second-order valence-corrected chi connectivity index (χ2v) is 9.74. The molecule has 0 aliphatic rings. The molecule has 0 bridgehead atoms. The van der Waals surface area contributed by atoms with Gasteiger partial charge in [0.05, 0.1) is 31.9 Å². The number of benzene rings is 3. The lowest BCUT2D eigenvalue weighted by molar-refractivity contribution is 0.102. The summed E-state index contributed by atoms with van der Waals surface area (Å²) in [5, 5.41) is 3.24. The van der Waals surface area contributed by atoms with Gasteiger partial charge in [-0.25, -0.2) is 8.42 Å². The summed E-state index contributed by atoms with van der Waals surface area (Å²) in [6.45, 7) is -0.0161. The molecule has 10 heteroatoms. The third kappa shape index (κ3) is 5.61. The van der Waals surface area contributed by atoms with Crippen LogP contribution < -0.4 is 19.5 Å². The van der Waals surface area contributed by atoms with Crippen LogP contribution in [0.4, 0.5) is 5.69 Å². The Balaban J connectivity index is 1.87. The van der Waals surface area contributed by atoms with Gasteiger partial charge in [0.25, 0.3) is 5.91 Å². The van der Waals surface area contributed by atoms with E-state index < -0.39 is 15.9 Å². The maximum absolute atomic E-state index is 13.0. The summed E-state index contributed by atoms with van der Waals surface area (Å²) in [5.74, 6) is 1.07. The number of anilines is 1. The van der Waals surface area contributed by atoms with Gasteiger partial charge in [-0.05, 0) is 54.6 Å². The lowest BCUT2D eigenvalue weighted by Crippen LogP contribution is -2.27. The first-order chi connectivity index (χ1) is 16.2. The van der Waals surface area contributed by atoms with Crippen molar-refractivity contribution in [3.05, 3.63) is 76.8 Å². The summed E-state index contributed by atoms with van der Waals surface area (Å²) in [7, 11) is 2.17. The zero-order valence-electron chi connectivity index (χ0n) is 19.2. The van der Waals surface area contributed by atoms with Crippen LogP contribution in [-0.4, -0.2) is 47.0 Å². The number of halogens is 1. The van der Waals surface area contributed by atoms with Crippen LogP contribution in [0.5, 0.6) is 17.2 Å². The first kappa shape index (κ1) is 25.4. The van der Waals surface area contributed by atoms with Crippen molar-refractivity contribution in [1.82, 2.24) is 4.31 Å². The molecular formula is C24H25ClN2O6S. The molecule has 180 valence electrons. The predicted octanol–water partition coefficient (Wildman–Crippen LogP) is 4.44. The minimum absolute atomic E-state index is 0.0161. The molecule has 0 saturated carbocycles. The Morgan fingerprint density at radius 2 is 1.56 bits per heavy atom. The van der Waals surface area contributed by atoms with E-state index in [-0.39, 0.29) is 11.4 Å². The molecule has 0 aliphatic carbocycles. The van der Waals surface area contributed by atoms with Crippen molar-refractivity contribution < 1.29 is 27.4 Å². The predicted molar refractivity (Wildman–Crippen MR) is 131 cm³/mol. The minimum Gasteiger partial charge on any atom is -0.497 e. The number of nitrogens with zero attached hydrogens (tertiary/aromatic N) is 1. The van der Waals surface area contributed by atoms with Gasteiger partial charge in [-0.3, -0.25) is 4.79 Å². The normalized spacial score (nSPS) is 11.2. The Bertz CT molecular complexity index is 1280. The van der Waals surface area contributed by atoms with Crippen LogP contribution in [-0.2, 0) is 16.6 Å². The van der Waals surface area contributed by atoms with Crippen LogP contribution in [0.25, 0.3) is 0 Å². The van der Waals surface area contributed by atoms with Crippen LogP contribution in [0.2, 0.25) is 5.02 Å². The Hall–Kier alpha value is -3.27. The summed E-state index contributed by atoms with van der Waals surface area (Å²) < 4.78 is 43.1. The van der Waals surface area contributed by atoms with Gasteiger partial charge in [0, 0.05) is 35.8 Å². The largest absolute Gasteiger partial charge is 0.497 e. The third-order valence-electron chi connectivity index (χ3n) is 5.11. The molecule has 1 amide bonds. The summed E-state index contributed by atoms with van der Waals surface area (Å²) in [5.41, 5.74) is 1.28. The molecule has 3 aromatic rings. The van der Waals surface area contributed by atoms with Gasteiger partial charge in [0.15, 0.2) is 0 Å². The molecule has 0 aliphatic heterocycles. The lowest BCUT2D eigenvalue weighted by Gasteiger charge is -2.19. The van der Waals surface area contributed by atoms with Crippen molar-refractivity contribution in [1.29, 1.82) is 0 Å². The average Bonchev–Trinajstić information content (AvgIpc) is 2.84. The number of rotatable bonds is 9. The molecule has 0 atom stereocenters. The highest BCUT2D eigenvalue weighted by atomic mass is 35.5. The van der Waals surface area contributed by atoms with Crippen LogP contribution in [0, 0.1) is 0 Å². The Labute approximate surface area is 204 Å². The molecule has 0 radical (unpaired) electrons. The van der Waals surface area contributed by atoms with E-state index in [0.29, 0.717) is 39.1 Å². The van der Waals surface area contributed by atoms with Crippen molar-refractivity contribution in [2.24, 2.45) is 0 Å². The molecule has 0 unspecified atom stereocenters. The summed E-state index contributed by atoms with van der Waals surface area (Å²) in [6, 6.07) is 15.8. The van der Waals surface area contributed by atoms with E-state index in [9.17, 15) is 13.2 Å². The molecule has 0 spiro atoms. The standard InChI is InChI=1S/C24H25ClN2O6S/c1-27(34(29,30)20-9-6-18(25)7-10-20)15-17-13-16(5-11-22(17)32-3)24(28)26-21-14-19(31-2)8-12-23(21)33-4/h5-14H,15H2,1-4H3,(H,26,28). The SMILES string of the molecule is COc1ccc(OC)c(NC(=O)c2ccc(OC)c(CN(C)S(=O)(=O)c3ccc(Cl)cc3)c2)c1. The monoisotopic (exact) mass is 504 g/mol. The van der Waals surface area contributed by atoms with E-state index in [1.54, 1.807) is 36.4 Å². The van der Waals surface area contributed by atoms with Crippen molar-refractivity contribution >= 4 is 33.2 Å². The summed E-state index contributed by atoms with van der Waals surface area (Å²) in [6.07, 6.45) is 0. The molecule has 0 aromatic heterocycles. The first-order valence-electron chi connectivity index (χ1n) is 10.1. The van der Waals surface area contributed by atoms with E-state index in [0.717, 1.165) is 0 Å². The van der Waals surface area contributed by atoms with Crippen molar-refractivity contribution in [2.45, 2.75) is 11.4 Å². The molecular weight excluding hydrogens is 480 g/mol. The maximum atomic E-state index is 13.0. The van der Waals surface area contributed by atoms with Gasteiger partial charge in [0.1, 0.15) is 17.2 Å². The van der Waals surface area contributed by atoms with Crippen molar-refractivity contribution in [3.63, 3.8) is 0 Å². The highest BCUT2D eigenvalue weighted by molar-refractivity contribution is 7.89. The zero-order chi connectivity index (χ0) is 24.9. The molecule has 0 heterocycles. The summed E-state index contributed by atoms with van der Waals surface area (Å²) in [4.78, 5) is 13.1. The van der Waals surface area contributed by atoms with E-state index in [4.69, 9.17) is 25.8 Å². The van der Waals surface area contributed by atoms with Gasteiger partial charge >= 0.3 is 0 Å². The molecule has 1 N–H and O–H groups in total. The number of amides is 1. The van der Waals surface area contributed by atoms with Gasteiger partial charge in [-0.1, -0.05) is 11.6 Å². The number of nitrogens with one attached hydrogen (secondary N) is 1. The maximum Gasteiger partial charge on any atom is 0.255 e. The number of hydrogen-bond donors (Lipinski definition) is 1. The third-order valence-corrected chi connectivity index (χ3v) is 7.18. The fraction of sp³-hybridized carbons (Fsp3) is 0.208. The van der Waals surface area contributed by atoms with Crippen molar-refractivity contribution in [3.8, 4) is 17.2 Å². The highest BCUT2D eigenvalue weighted by Crippen LogP contribution is 2.30. The van der Waals surface area contributed by atoms with Gasteiger partial charge in [0.2, 0.25) is 10.0 Å². The van der Waals surface area contributed by atoms with Crippen LogP contribution in [0.3, 0.4) is 0 Å². The van der Waals surface area contributed by atoms with Gasteiger partial charge in [-0.2, -0.15) is 4.31 Å². The molecule has 34 heavy (non-hydrogen) atoms. The Morgan fingerprint density at radius 1 is 0.912 bits per heavy atom. The number of ether oxygens (including phenoxy) is 3. The second kappa shape index (κ2) is 10.8. The van der Waals surface area contributed by atoms with E-state index in [1.165, 1.54) is 56.9 Å². The Morgan fingerprint density at radius 3 is 2.18 bits per heavy atom. The molecule has 3 rings (SSSR count). The minimum atomic E-state index is -3.79. The van der Waals surface area contributed by atoms with Crippen LogP contribution in [0.15, 0.2) is 65.6 Å². The number of sulfonamides is 1. The zero-order valence-corrected chi connectivity index (χ0v) is 20.7. The average molecular weight is 505 g/mol. The van der Waals surface area contributed by atoms with Crippen molar-refractivity contribution in [2.75, 3.05) is 33.7 Å². The molecule has 8 nitrogen and oxygen atoms in total. The van der Waals surface area contributed by atoms with E-state index >= 15 is 0 Å². The van der Waals surface area contributed by atoms with E-state index in [1.807, 2.05) is 0 Å². The number of carbonyl (C=O) groups is 1. The highest BCUT2D eigenvalue weighted by Gasteiger charge is 2.23. The fourth-order valence-corrected chi connectivity index (χ4v) is 4.54. The number of methoxy groups -OCH3 is 3. The lowest BCUT2D eigenvalue weighted by atomic mass is 10.1. The number of carbonyl (C=O) groups excluding carboxylic acids is 1. The second-order valence-electron chi connectivity index (χ2n) is 7.26. The van der Waals surface area contributed by atoms with Crippen LogP contribution >= 0.6 is 11.6 Å².